The molecule has 1 aliphatic heterocycles. The van der Waals surface area contributed by atoms with Crippen LogP contribution in [0.15, 0.2) is 45.6 Å². The average Bonchev–Trinajstić information content (AvgIpc) is 3.15. The van der Waals surface area contributed by atoms with Gasteiger partial charge in [0.2, 0.25) is 5.76 Å². The van der Waals surface area contributed by atoms with Crippen molar-refractivity contribution in [3.63, 3.8) is 0 Å². The lowest BCUT2D eigenvalue weighted by Crippen LogP contribution is -2.31. The largest absolute Gasteiger partial charge is 0.490 e. The predicted molar refractivity (Wildman–Crippen MR) is 134 cm³/mol. The highest BCUT2D eigenvalue weighted by molar-refractivity contribution is 5.99. The van der Waals surface area contributed by atoms with Gasteiger partial charge < -0.3 is 23.5 Å². The van der Waals surface area contributed by atoms with Crippen molar-refractivity contribution in [2.75, 3.05) is 33.5 Å². The fraction of sp³-hybridized carbons (Fsp3) is 0.429. The van der Waals surface area contributed by atoms with E-state index in [0.29, 0.717) is 49.8 Å². The van der Waals surface area contributed by atoms with E-state index in [1.807, 2.05) is 25.1 Å². The normalized spacial score (nSPS) is 14.9. The number of nitrogens with zero attached hydrogens (tertiary/aromatic N) is 1. The quantitative estimate of drug-likeness (QED) is 0.308. The minimum Gasteiger partial charge on any atom is -0.490 e. The topological polar surface area (TPSA) is 78.2 Å². The van der Waals surface area contributed by atoms with E-state index in [2.05, 4.69) is 6.92 Å². The molecule has 0 bridgehead atoms. The first kappa shape index (κ1) is 25.7. The summed E-state index contributed by atoms with van der Waals surface area (Å²) in [6.45, 7) is 5.82. The Kier molecular flexibility index (Phi) is 8.25. The second kappa shape index (κ2) is 11.6. The van der Waals surface area contributed by atoms with Crippen LogP contribution in [0.1, 0.15) is 67.3 Å². The number of carbonyl (C=O) groups is 1. The zero-order valence-corrected chi connectivity index (χ0v) is 21.0. The smallest absolute Gasteiger partial charge is 0.290 e. The Bertz CT molecular complexity index is 1290. The standard InChI is InChI=1S/C28H32FNO6/c1-4-6-7-15-35-22-11-9-18(16-23(22)34-5-2)25-24-26(31)20-17-19(29)10-12-21(20)36-27(24)28(32)30(25)13-8-14-33-3/h9-12,16-17,25H,4-8,13-15H2,1-3H3. The van der Waals surface area contributed by atoms with Gasteiger partial charge in [-0.05, 0) is 55.7 Å². The van der Waals surface area contributed by atoms with Gasteiger partial charge in [-0.15, -0.1) is 0 Å². The third-order valence-corrected chi connectivity index (χ3v) is 6.26. The van der Waals surface area contributed by atoms with Crippen molar-refractivity contribution in [3.05, 3.63) is 69.3 Å². The van der Waals surface area contributed by atoms with Crippen LogP contribution in [-0.2, 0) is 4.74 Å². The summed E-state index contributed by atoms with van der Waals surface area (Å²) in [6, 6.07) is 8.48. The summed E-state index contributed by atoms with van der Waals surface area (Å²) in [7, 11) is 1.60. The molecule has 2 aromatic carbocycles. The van der Waals surface area contributed by atoms with E-state index in [1.165, 1.54) is 12.1 Å². The Morgan fingerprint density at radius 2 is 1.81 bits per heavy atom. The molecule has 192 valence electrons. The lowest BCUT2D eigenvalue weighted by Gasteiger charge is -2.26. The molecule has 0 saturated heterocycles. The highest BCUT2D eigenvalue weighted by Gasteiger charge is 2.42. The van der Waals surface area contributed by atoms with Crippen LogP contribution < -0.4 is 14.9 Å². The number of ether oxygens (including phenoxy) is 3. The van der Waals surface area contributed by atoms with Gasteiger partial charge in [-0.25, -0.2) is 4.39 Å². The van der Waals surface area contributed by atoms with Crippen LogP contribution in [0, 0.1) is 5.82 Å². The molecular formula is C28H32FNO6. The fourth-order valence-corrected chi connectivity index (χ4v) is 4.57. The fourth-order valence-electron chi connectivity index (χ4n) is 4.57. The van der Waals surface area contributed by atoms with Gasteiger partial charge in [-0.2, -0.15) is 0 Å². The van der Waals surface area contributed by atoms with Crippen molar-refractivity contribution >= 4 is 16.9 Å². The summed E-state index contributed by atoms with van der Waals surface area (Å²) in [5, 5.41) is 0.103. The summed E-state index contributed by atoms with van der Waals surface area (Å²) in [5.74, 6) is 0.211. The van der Waals surface area contributed by atoms with Crippen molar-refractivity contribution in [1.29, 1.82) is 0 Å². The van der Waals surface area contributed by atoms with Gasteiger partial charge >= 0.3 is 0 Å². The first-order valence-electron chi connectivity index (χ1n) is 12.5. The number of rotatable bonds is 12. The number of benzene rings is 2. The number of fused-ring (bicyclic) bond motifs is 2. The first-order valence-corrected chi connectivity index (χ1v) is 12.5. The average molecular weight is 498 g/mol. The molecule has 36 heavy (non-hydrogen) atoms. The Labute approximate surface area is 209 Å². The summed E-state index contributed by atoms with van der Waals surface area (Å²) < 4.78 is 36.8. The van der Waals surface area contributed by atoms with Crippen LogP contribution in [0.4, 0.5) is 4.39 Å². The van der Waals surface area contributed by atoms with Gasteiger partial charge in [0.15, 0.2) is 16.9 Å². The molecule has 7 nitrogen and oxygen atoms in total. The van der Waals surface area contributed by atoms with Crippen LogP contribution in [0.25, 0.3) is 11.0 Å². The molecule has 1 unspecified atom stereocenters. The minimum atomic E-state index is -0.707. The van der Waals surface area contributed by atoms with Gasteiger partial charge in [-0.3, -0.25) is 9.59 Å². The van der Waals surface area contributed by atoms with Crippen molar-refractivity contribution in [2.45, 2.75) is 45.6 Å². The molecule has 0 N–H and O–H groups in total. The number of halogens is 1. The summed E-state index contributed by atoms with van der Waals surface area (Å²) in [5.41, 5.74) is 0.648. The maximum Gasteiger partial charge on any atom is 0.290 e. The third kappa shape index (κ3) is 5.09. The molecule has 0 aliphatic carbocycles. The van der Waals surface area contributed by atoms with Crippen molar-refractivity contribution in [3.8, 4) is 11.5 Å². The van der Waals surface area contributed by atoms with Gasteiger partial charge in [0, 0.05) is 20.3 Å². The Morgan fingerprint density at radius 3 is 2.56 bits per heavy atom. The van der Waals surface area contributed by atoms with E-state index in [4.69, 9.17) is 18.6 Å². The number of carbonyl (C=O) groups excluding carboxylic acids is 1. The lowest BCUT2D eigenvalue weighted by molar-refractivity contribution is 0.0707. The van der Waals surface area contributed by atoms with Gasteiger partial charge in [0.25, 0.3) is 5.91 Å². The number of unbranched alkanes of at least 4 members (excludes halogenated alkanes) is 2. The van der Waals surface area contributed by atoms with E-state index >= 15 is 0 Å². The first-order chi connectivity index (χ1) is 17.5. The number of amides is 1. The van der Waals surface area contributed by atoms with Crippen LogP contribution in [-0.4, -0.2) is 44.3 Å². The Morgan fingerprint density at radius 1 is 0.972 bits per heavy atom. The summed E-state index contributed by atoms with van der Waals surface area (Å²) in [6.07, 6.45) is 3.68. The second-order valence-corrected chi connectivity index (χ2v) is 8.76. The highest BCUT2D eigenvalue weighted by atomic mass is 19.1. The minimum absolute atomic E-state index is 0.0145. The van der Waals surface area contributed by atoms with Crippen LogP contribution in [0.2, 0.25) is 0 Å². The van der Waals surface area contributed by atoms with Gasteiger partial charge in [0.05, 0.1) is 30.2 Å². The Hall–Kier alpha value is -3.39. The van der Waals surface area contributed by atoms with E-state index in [1.54, 1.807) is 12.0 Å². The molecule has 0 saturated carbocycles. The van der Waals surface area contributed by atoms with Crippen molar-refractivity contribution in [1.82, 2.24) is 4.90 Å². The molecule has 1 aromatic heterocycles. The predicted octanol–water partition coefficient (Wildman–Crippen LogP) is 5.48. The maximum absolute atomic E-state index is 14.0. The SMILES string of the molecule is CCCCCOc1ccc(C2c3c(oc4ccc(F)cc4c3=O)C(=O)N2CCCOC)cc1OCC. The molecule has 3 aromatic rings. The monoisotopic (exact) mass is 497 g/mol. The molecule has 0 fully saturated rings. The molecule has 0 spiro atoms. The molecular weight excluding hydrogens is 465 g/mol. The third-order valence-electron chi connectivity index (χ3n) is 6.26. The number of hydrogen-bond acceptors (Lipinski definition) is 6. The van der Waals surface area contributed by atoms with Crippen LogP contribution >= 0.6 is 0 Å². The molecule has 1 aliphatic rings. The molecule has 1 atom stereocenters. The molecule has 1 amide bonds. The van der Waals surface area contributed by atoms with Crippen LogP contribution in [0.5, 0.6) is 11.5 Å². The van der Waals surface area contributed by atoms with E-state index in [0.717, 1.165) is 25.3 Å². The van der Waals surface area contributed by atoms with E-state index in [9.17, 15) is 14.0 Å². The molecule has 0 radical (unpaired) electrons. The summed E-state index contributed by atoms with van der Waals surface area (Å²) in [4.78, 5) is 28.6. The Balaban J connectivity index is 1.80. The number of methoxy groups -OCH3 is 1. The number of hydrogen-bond donors (Lipinski definition) is 0. The zero-order chi connectivity index (χ0) is 25.7. The van der Waals surface area contributed by atoms with E-state index in [-0.39, 0.29) is 28.2 Å². The maximum atomic E-state index is 14.0. The van der Waals surface area contributed by atoms with Gasteiger partial charge in [-0.1, -0.05) is 25.8 Å². The molecule has 8 heteroatoms. The van der Waals surface area contributed by atoms with E-state index < -0.39 is 17.3 Å². The van der Waals surface area contributed by atoms with Gasteiger partial charge in [0.1, 0.15) is 11.4 Å². The lowest BCUT2D eigenvalue weighted by atomic mass is 9.98. The highest BCUT2D eigenvalue weighted by Crippen LogP contribution is 2.41. The van der Waals surface area contributed by atoms with Crippen molar-refractivity contribution in [2.24, 2.45) is 0 Å². The molecule has 4 rings (SSSR count). The zero-order valence-electron chi connectivity index (χ0n) is 21.0. The molecule has 2 heterocycles. The van der Waals surface area contributed by atoms with Crippen molar-refractivity contribution < 1.29 is 27.8 Å². The second-order valence-electron chi connectivity index (χ2n) is 8.76. The van der Waals surface area contributed by atoms with Crippen LogP contribution in [0.3, 0.4) is 0 Å². The summed E-state index contributed by atoms with van der Waals surface area (Å²) >= 11 is 0.